The second-order valence-electron chi connectivity index (χ2n) is 5.08. The van der Waals surface area contributed by atoms with Gasteiger partial charge in [0.1, 0.15) is 0 Å². The van der Waals surface area contributed by atoms with Gasteiger partial charge in [0.2, 0.25) is 5.91 Å². The zero-order valence-electron chi connectivity index (χ0n) is 9.98. The molecule has 0 bridgehead atoms. The Morgan fingerprint density at radius 2 is 2.12 bits per heavy atom. The van der Waals surface area contributed by atoms with Crippen LogP contribution in [-0.2, 0) is 4.79 Å². The van der Waals surface area contributed by atoms with Gasteiger partial charge in [-0.15, -0.1) is 0 Å². The van der Waals surface area contributed by atoms with E-state index < -0.39 is 0 Å². The van der Waals surface area contributed by atoms with Gasteiger partial charge in [-0.05, 0) is 17.7 Å². The number of amides is 1. The molecule has 3 heteroatoms. The maximum absolute atomic E-state index is 11.8. The van der Waals surface area contributed by atoms with E-state index in [4.69, 9.17) is 0 Å². The van der Waals surface area contributed by atoms with E-state index in [0.29, 0.717) is 11.7 Å². The van der Waals surface area contributed by atoms with Gasteiger partial charge in [-0.25, -0.2) is 0 Å². The maximum atomic E-state index is 11.8. The molecule has 1 aromatic carbocycles. The van der Waals surface area contributed by atoms with Gasteiger partial charge in [0.15, 0.2) is 0 Å². The predicted octanol–water partition coefficient (Wildman–Crippen LogP) is 2.76. The molecule has 0 radical (unpaired) electrons. The molecule has 2 aliphatic rings. The smallest absolute Gasteiger partial charge is 0.221 e. The van der Waals surface area contributed by atoms with Crippen molar-refractivity contribution in [1.82, 2.24) is 5.32 Å². The van der Waals surface area contributed by atoms with Crippen molar-refractivity contribution < 1.29 is 4.79 Å². The van der Waals surface area contributed by atoms with Crippen LogP contribution in [0.3, 0.4) is 0 Å². The molecule has 1 spiro atoms. The maximum Gasteiger partial charge on any atom is 0.221 e. The monoisotopic (exact) mass is 247 g/mol. The van der Waals surface area contributed by atoms with Crippen LogP contribution in [0, 0.1) is 5.41 Å². The molecule has 2 heterocycles. The highest BCUT2D eigenvalue weighted by atomic mass is 32.2. The number of rotatable bonds is 1. The highest BCUT2D eigenvalue weighted by Gasteiger charge is 2.53. The third kappa shape index (κ3) is 1.68. The van der Waals surface area contributed by atoms with Crippen molar-refractivity contribution in [2.45, 2.75) is 31.1 Å². The number of carbonyl (C=O) groups is 1. The summed E-state index contributed by atoms with van der Waals surface area (Å²) in [6.45, 7) is 2.27. The number of hydrogen-bond acceptors (Lipinski definition) is 2. The van der Waals surface area contributed by atoms with Gasteiger partial charge in [-0.3, -0.25) is 4.79 Å². The standard InChI is InChI=1S/C14H17NOS/c1-10-14(7-8-17-10)9-12(16)15-13(14)11-5-3-2-4-6-11/h2-6,10,13H,7-9H2,1H3,(H,15,16). The highest BCUT2D eigenvalue weighted by molar-refractivity contribution is 8.00. The van der Waals surface area contributed by atoms with Crippen molar-refractivity contribution >= 4 is 17.7 Å². The minimum Gasteiger partial charge on any atom is -0.349 e. The minimum atomic E-state index is 0.142. The number of thioether (sulfide) groups is 1. The average molecular weight is 247 g/mol. The zero-order valence-corrected chi connectivity index (χ0v) is 10.8. The van der Waals surface area contributed by atoms with E-state index in [1.54, 1.807) is 0 Å². The summed E-state index contributed by atoms with van der Waals surface area (Å²) in [5.74, 6) is 1.40. The lowest BCUT2D eigenvalue weighted by atomic mass is 9.73. The third-order valence-electron chi connectivity index (χ3n) is 4.25. The predicted molar refractivity (Wildman–Crippen MR) is 70.9 cm³/mol. The Labute approximate surface area is 106 Å². The fourth-order valence-electron chi connectivity index (χ4n) is 3.22. The van der Waals surface area contributed by atoms with Crippen molar-refractivity contribution in [2.75, 3.05) is 5.75 Å². The largest absolute Gasteiger partial charge is 0.349 e. The lowest BCUT2D eigenvalue weighted by Gasteiger charge is -2.33. The molecule has 0 saturated carbocycles. The van der Waals surface area contributed by atoms with Gasteiger partial charge in [0.25, 0.3) is 0 Å². The molecule has 90 valence electrons. The summed E-state index contributed by atoms with van der Waals surface area (Å²) in [5.41, 5.74) is 1.40. The summed E-state index contributed by atoms with van der Waals surface area (Å²) in [5, 5.41) is 3.74. The van der Waals surface area contributed by atoms with Crippen molar-refractivity contribution in [1.29, 1.82) is 0 Å². The fourth-order valence-corrected chi connectivity index (χ4v) is 4.74. The molecule has 1 N–H and O–H groups in total. The van der Waals surface area contributed by atoms with Crippen LogP contribution in [0.4, 0.5) is 0 Å². The SMILES string of the molecule is CC1SCCC12CC(=O)NC2c1ccccc1. The molecule has 0 aliphatic carbocycles. The van der Waals surface area contributed by atoms with Gasteiger partial charge < -0.3 is 5.32 Å². The summed E-state index contributed by atoms with van der Waals surface area (Å²) in [6.07, 6.45) is 1.85. The lowest BCUT2D eigenvalue weighted by molar-refractivity contribution is -0.119. The Bertz CT molecular complexity index is 433. The van der Waals surface area contributed by atoms with Gasteiger partial charge in [0, 0.05) is 17.1 Å². The van der Waals surface area contributed by atoms with E-state index in [-0.39, 0.29) is 17.4 Å². The molecule has 0 aromatic heterocycles. The number of benzene rings is 1. The minimum absolute atomic E-state index is 0.142. The number of nitrogens with one attached hydrogen (secondary N) is 1. The fraction of sp³-hybridized carbons (Fsp3) is 0.500. The van der Waals surface area contributed by atoms with Crippen LogP contribution in [0.5, 0.6) is 0 Å². The van der Waals surface area contributed by atoms with Gasteiger partial charge >= 0.3 is 0 Å². The first-order chi connectivity index (χ1) is 8.22. The Hall–Kier alpha value is -0.960. The Morgan fingerprint density at radius 1 is 1.35 bits per heavy atom. The van der Waals surface area contributed by atoms with Gasteiger partial charge in [0.05, 0.1) is 6.04 Å². The van der Waals surface area contributed by atoms with E-state index in [2.05, 4.69) is 36.5 Å². The molecule has 3 unspecified atom stereocenters. The van der Waals surface area contributed by atoms with E-state index in [0.717, 1.165) is 6.42 Å². The van der Waals surface area contributed by atoms with Crippen LogP contribution >= 0.6 is 11.8 Å². The van der Waals surface area contributed by atoms with Crippen LogP contribution < -0.4 is 5.32 Å². The number of carbonyl (C=O) groups excluding carboxylic acids is 1. The average Bonchev–Trinajstić information content (AvgIpc) is 2.86. The molecular formula is C14H17NOS. The second kappa shape index (κ2) is 4.05. The zero-order chi connectivity index (χ0) is 11.9. The molecule has 1 aromatic rings. The van der Waals surface area contributed by atoms with Gasteiger partial charge in [-0.1, -0.05) is 37.3 Å². The first kappa shape index (κ1) is 11.1. The Morgan fingerprint density at radius 3 is 2.76 bits per heavy atom. The first-order valence-corrected chi connectivity index (χ1v) is 7.23. The molecule has 2 saturated heterocycles. The summed E-state index contributed by atoms with van der Waals surface area (Å²) in [4.78, 5) is 11.8. The molecule has 3 rings (SSSR count). The summed E-state index contributed by atoms with van der Waals surface area (Å²) >= 11 is 2.00. The summed E-state index contributed by atoms with van der Waals surface area (Å²) in [7, 11) is 0. The van der Waals surface area contributed by atoms with Crippen molar-refractivity contribution in [3.05, 3.63) is 35.9 Å². The summed E-state index contributed by atoms with van der Waals surface area (Å²) in [6, 6.07) is 10.6. The molecule has 2 aliphatic heterocycles. The van der Waals surface area contributed by atoms with Crippen LogP contribution in [0.2, 0.25) is 0 Å². The molecule has 2 nitrogen and oxygen atoms in total. The first-order valence-electron chi connectivity index (χ1n) is 6.18. The second-order valence-corrected chi connectivity index (χ2v) is 6.53. The highest BCUT2D eigenvalue weighted by Crippen LogP contribution is 2.55. The quantitative estimate of drug-likeness (QED) is 0.826. The molecular weight excluding hydrogens is 230 g/mol. The van der Waals surface area contributed by atoms with E-state index in [1.807, 2.05) is 17.8 Å². The van der Waals surface area contributed by atoms with Crippen LogP contribution in [-0.4, -0.2) is 16.9 Å². The third-order valence-corrected chi connectivity index (χ3v) is 5.66. The van der Waals surface area contributed by atoms with E-state index in [9.17, 15) is 4.79 Å². The molecule has 17 heavy (non-hydrogen) atoms. The lowest BCUT2D eigenvalue weighted by Crippen LogP contribution is -2.33. The molecule has 2 fully saturated rings. The van der Waals surface area contributed by atoms with Crippen LogP contribution in [0.25, 0.3) is 0 Å². The molecule has 3 atom stereocenters. The van der Waals surface area contributed by atoms with Gasteiger partial charge in [-0.2, -0.15) is 11.8 Å². The topological polar surface area (TPSA) is 29.1 Å². The van der Waals surface area contributed by atoms with E-state index >= 15 is 0 Å². The van der Waals surface area contributed by atoms with Crippen molar-refractivity contribution in [2.24, 2.45) is 5.41 Å². The van der Waals surface area contributed by atoms with Crippen molar-refractivity contribution in [3.63, 3.8) is 0 Å². The normalized spacial score (nSPS) is 36.4. The van der Waals surface area contributed by atoms with Crippen molar-refractivity contribution in [3.8, 4) is 0 Å². The Balaban J connectivity index is 2.00. The summed E-state index contributed by atoms with van der Waals surface area (Å²) < 4.78 is 0. The van der Waals surface area contributed by atoms with E-state index in [1.165, 1.54) is 11.3 Å². The number of hydrogen-bond donors (Lipinski definition) is 1. The van der Waals surface area contributed by atoms with Crippen LogP contribution in [0.15, 0.2) is 30.3 Å². The molecule has 1 amide bonds. The Kier molecular flexibility index (Phi) is 2.66. The van der Waals surface area contributed by atoms with Crippen LogP contribution in [0.1, 0.15) is 31.4 Å².